The number of carboxylic acid groups (broad SMARTS) is 2. The minimum atomic E-state index is -1.62. The molecule has 18 heavy (non-hydrogen) atoms. The van der Waals surface area contributed by atoms with Crippen LogP contribution in [0.15, 0.2) is 0 Å². The Bertz CT molecular complexity index is 352. The molecule has 1 spiro atoms. The lowest BCUT2D eigenvalue weighted by Gasteiger charge is -2.42. The zero-order chi connectivity index (χ0) is 13.4. The van der Waals surface area contributed by atoms with Gasteiger partial charge in [-0.1, -0.05) is 22.6 Å². The second kappa shape index (κ2) is 4.93. The Morgan fingerprint density at radius 2 is 1.83 bits per heavy atom. The first-order valence-corrected chi connectivity index (χ1v) is 7.46. The summed E-state index contributed by atoms with van der Waals surface area (Å²) in [4.78, 5) is 22.9. The topological polar surface area (TPSA) is 83.8 Å². The molecular weight excluding hydrogens is 353 g/mol. The smallest absolute Gasteiger partial charge is 0.327 e. The maximum atomic E-state index is 11.4. The molecule has 102 valence electrons. The molecule has 0 saturated carbocycles. The van der Waals surface area contributed by atoms with Crippen LogP contribution in [0.5, 0.6) is 0 Å². The molecule has 0 aromatic heterocycles. The highest BCUT2D eigenvalue weighted by atomic mass is 127. The van der Waals surface area contributed by atoms with Crippen LogP contribution in [-0.4, -0.2) is 70.0 Å². The van der Waals surface area contributed by atoms with Crippen LogP contribution in [0.1, 0.15) is 6.42 Å². The van der Waals surface area contributed by atoms with Crippen molar-refractivity contribution in [2.45, 2.75) is 12.5 Å². The van der Waals surface area contributed by atoms with Crippen molar-refractivity contribution in [1.82, 2.24) is 0 Å². The van der Waals surface area contributed by atoms with Crippen molar-refractivity contribution in [3.05, 3.63) is 0 Å². The number of hydrogen-bond donors (Lipinski definition) is 2. The largest absolute Gasteiger partial charge is 0.480 e. The van der Waals surface area contributed by atoms with E-state index in [0.29, 0.717) is 17.7 Å². The lowest BCUT2D eigenvalue weighted by molar-refractivity contribution is -0.944. The predicted molar refractivity (Wildman–Crippen MR) is 70.7 cm³/mol. The van der Waals surface area contributed by atoms with E-state index < -0.39 is 17.4 Å². The van der Waals surface area contributed by atoms with Crippen molar-refractivity contribution in [3.63, 3.8) is 0 Å². The number of ether oxygens (including phenoxy) is 1. The van der Waals surface area contributed by atoms with E-state index >= 15 is 0 Å². The average molecular weight is 370 g/mol. The first kappa shape index (κ1) is 14.0. The van der Waals surface area contributed by atoms with Gasteiger partial charge < -0.3 is 19.4 Å². The van der Waals surface area contributed by atoms with E-state index in [9.17, 15) is 19.8 Å². The summed E-state index contributed by atoms with van der Waals surface area (Å²) in [6.07, 6.45) is 0.223. The van der Waals surface area contributed by atoms with Crippen molar-refractivity contribution in [2.75, 3.05) is 37.3 Å². The van der Waals surface area contributed by atoms with Crippen LogP contribution in [0.3, 0.4) is 0 Å². The van der Waals surface area contributed by atoms with Crippen LogP contribution in [0.4, 0.5) is 0 Å². The van der Waals surface area contributed by atoms with E-state index in [1.807, 2.05) is 0 Å². The third-order valence-corrected chi connectivity index (χ3v) is 5.32. The van der Waals surface area contributed by atoms with Gasteiger partial charge in [-0.25, -0.2) is 0 Å². The highest BCUT2D eigenvalue weighted by Crippen LogP contribution is 2.42. The summed E-state index contributed by atoms with van der Waals surface area (Å²) in [6, 6.07) is 0.0988. The maximum Gasteiger partial charge on any atom is 0.327 e. The highest BCUT2D eigenvalue weighted by molar-refractivity contribution is 14.1. The van der Waals surface area contributed by atoms with Crippen LogP contribution in [0, 0.1) is 5.41 Å². The van der Waals surface area contributed by atoms with Gasteiger partial charge in [-0.05, 0) is 0 Å². The number of halogens is 1. The summed E-state index contributed by atoms with van der Waals surface area (Å²) >= 11 is 2.22. The fraction of sp³-hybridized carbons (Fsp3) is 0.818. The zero-order valence-electron chi connectivity index (χ0n) is 9.97. The van der Waals surface area contributed by atoms with Crippen LogP contribution < -0.4 is 0 Å². The normalized spacial score (nSPS) is 29.3. The lowest BCUT2D eigenvalue weighted by Crippen LogP contribution is -2.59. The molecule has 2 saturated heterocycles. The van der Waals surface area contributed by atoms with Crippen LogP contribution in [0.25, 0.3) is 0 Å². The first-order valence-electron chi connectivity index (χ1n) is 5.93. The Hall–Kier alpha value is -0.410. The number of nitrogens with zero attached hydrogens (tertiary/aromatic N) is 1. The van der Waals surface area contributed by atoms with Crippen molar-refractivity contribution in [3.8, 4) is 0 Å². The predicted octanol–water partition coefficient (Wildman–Crippen LogP) is 0.196. The van der Waals surface area contributed by atoms with Crippen molar-refractivity contribution in [1.29, 1.82) is 0 Å². The minimum Gasteiger partial charge on any atom is -0.480 e. The number of morpholine rings is 1. The molecular formula is C11H17INO5+. The fourth-order valence-electron chi connectivity index (χ4n) is 3.16. The van der Waals surface area contributed by atoms with Crippen LogP contribution in [-0.2, 0) is 14.3 Å². The molecule has 0 radical (unpaired) electrons. The van der Waals surface area contributed by atoms with E-state index in [4.69, 9.17) is 4.74 Å². The second-order valence-corrected chi connectivity index (χ2v) is 6.02. The number of quaternary nitrogens is 1. The molecule has 0 bridgehead atoms. The van der Waals surface area contributed by atoms with Gasteiger partial charge in [0, 0.05) is 6.42 Å². The molecule has 0 aliphatic carbocycles. The molecule has 2 fully saturated rings. The molecule has 1 atom stereocenters. The average Bonchev–Trinajstić information content (AvgIpc) is 2.66. The molecule has 2 aliphatic heterocycles. The Morgan fingerprint density at radius 1 is 1.28 bits per heavy atom. The first-order chi connectivity index (χ1) is 8.47. The highest BCUT2D eigenvalue weighted by Gasteiger charge is 2.63. The minimum absolute atomic E-state index is 0.0988. The molecule has 0 aromatic rings. The van der Waals surface area contributed by atoms with Crippen LogP contribution in [0.2, 0.25) is 0 Å². The van der Waals surface area contributed by atoms with Crippen molar-refractivity contribution < 1.29 is 29.0 Å². The number of carboxylic acids is 2. The summed E-state index contributed by atoms with van der Waals surface area (Å²) in [6.45, 7) is 2.80. The quantitative estimate of drug-likeness (QED) is 0.321. The molecule has 6 nitrogen and oxygen atoms in total. The molecule has 0 amide bonds. The number of alkyl halides is 1. The summed E-state index contributed by atoms with van der Waals surface area (Å²) < 4.78 is 6.69. The van der Waals surface area contributed by atoms with E-state index in [1.54, 1.807) is 0 Å². The van der Waals surface area contributed by atoms with Gasteiger partial charge in [0.1, 0.15) is 25.7 Å². The third kappa shape index (κ3) is 2.01. The second-order valence-electron chi connectivity index (χ2n) is 5.14. The number of carbonyl (C=O) groups is 2. The fourth-order valence-corrected chi connectivity index (χ4v) is 4.31. The van der Waals surface area contributed by atoms with Gasteiger partial charge in [0.15, 0.2) is 0 Å². The molecule has 2 N–H and O–H groups in total. The maximum absolute atomic E-state index is 11.4. The van der Waals surface area contributed by atoms with Crippen molar-refractivity contribution in [2.24, 2.45) is 5.41 Å². The molecule has 2 heterocycles. The van der Waals surface area contributed by atoms with Gasteiger partial charge >= 0.3 is 11.9 Å². The molecule has 2 rings (SSSR count). The van der Waals surface area contributed by atoms with Gasteiger partial charge in [0.25, 0.3) is 0 Å². The Balaban J connectivity index is 2.34. The monoisotopic (exact) mass is 370 g/mol. The van der Waals surface area contributed by atoms with E-state index in [0.717, 1.165) is 17.5 Å². The molecule has 2 aliphatic rings. The Kier molecular flexibility index (Phi) is 3.84. The van der Waals surface area contributed by atoms with E-state index in [1.165, 1.54) is 0 Å². The van der Waals surface area contributed by atoms with Gasteiger partial charge in [-0.2, -0.15) is 0 Å². The summed E-state index contributed by atoms with van der Waals surface area (Å²) in [5.41, 5.74) is -1.62. The van der Waals surface area contributed by atoms with E-state index in [2.05, 4.69) is 22.6 Å². The SMILES string of the molecule is O=C(O)C1(C(=O)O)CC(CI)[N+]2(CCOCC2)C1. The number of aliphatic carboxylic acids is 2. The van der Waals surface area contributed by atoms with Crippen molar-refractivity contribution >= 4 is 34.5 Å². The van der Waals surface area contributed by atoms with Gasteiger partial charge in [0.05, 0.1) is 17.6 Å². The molecule has 7 heteroatoms. The van der Waals surface area contributed by atoms with Gasteiger partial charge in [0.2, 0.25) is 5.41 Å². The molecule has 0 aromatic carbocycles. The van der Waals surface area contributed by atoms with Crippen LogP contribution >= 0.6 is 22.6 Å². The Morgan fingerprint density at radius 3 is 2.28 bits per heavy atom. The third-order valence-electron chi connectivity index (χ3n) is 4.30. The number of hydrogen-bond acceptors (Lipinski definition) is 3. The summed E-state index contributed by atoms with van der Waals surface area (Å²) in [7, 11) is 0. The lowest BCUT2D eigenvalue weighted by atomic mass is 9.86. The summed E-state index contributed by atoms with van der Waals surface area (Å²) in [5, 5.41) is 18.7. The molecule has 1 unspecified atom stereocenters. The Labute approximate surface area is 119 Å². The van der Waals surface area contributed by atoms with Gasteiger partial charge in [-0.3, -0.25) is 9.59 Å². The summed E-state index contributed by atoms with van der Waals surface area (Å²) in [5.74, 6) is -2.40. The van der Waals surface area contributed by atoms with Gasteiger partial charge in [-0.15, -0.1) is 0 Å². The standard InChI is InChI=1S/C11H16INO5/c12-6-8-5-11(9(14)15,10(16)17)7-13(8)1-3-18-4-2-13/h8H,1-7H2,(H-,14,15,16,17)/p+1. The number of rotatable bonds is 3. The van der Waals surface area contributed by atoms with E-state index in [-0.39, 0.29) is 19.0 Å². The zero-order valence-corrected chi connectivity index (χ0v) is 12.1.